The van der Waals surface area contributed by atoms with Crippen LogP contribution in [0.5, 0.6) is 5.88 Å². The highest BCUT2D eigenvalue weighted by atomic mass is 16.3. The number of H-pyrrole nitrogens is 1. The molecule has 0 aliphatic rings. The third-order valence-corrected chi connectivity index (χ3v) is 5.29. The first-order valence-electron chi connectivity index (χ1n) is 9.62. The number of pyridine rings is 3. The molecule has 4 rings (SSSR count). The Bertz CT molecular complexity index is 1260. The van der Waals surface area contributed by atoms with E-state index in [1.807, 2.05) is 12.1 Å². The van der Waals surface area contributed by atoms with Gasteiger partial charge in [0, 0.05) is 18.1 Å². The molecular weight excluding hydrogens is 364 g/mol. The van der Waals surface area contributed by atoms with Gasteiger partial charge in [-0.1, -0.05) is 31.2 Å². The molecule has 1 aromatic carbocycles. The van der Waals surface area contributed by atoms with Crippen LogP contribution < -0.4 is 5.56 Å². The molecule has 0 spiro atoms. The van der Waals surface area contributed by atoms with Crippen molar-refractivity contribution in [2.75, 3.05) is 20.6 Å². The van der Waals surface area contributed by atoms with Crippen molar-refractivity contribution in [3.8, 4) is 17.0 Å². The van der Waals surface area contributed by atoms with Crippen LogP contribution in [-0.2, 0) is 0 Å². The monoisotopic (exact) mass is 388 g/mol. The zero-order chi connectivity index (χ0) is 20.7. The van der Waals surface area contributed by atoms with Crippen LogP contribution in [0, 0.1) is 6.92 Å². The van der Waals surface area contributed by atoms with Crippen molar-refractivity contribution in [3.63, 3.8) is 0 Å². The fourth-order valence-corrected chi connectivity index (χ4v) is 3.95. The van der Waals surface area contributed by atoms with Gasteiger partial charge in [-0.25, -0.2) is 4.98 Å². The maximum absolute atomic E-state index is 12.5. The quantitative estimate of drug-likeness (QED) is 0.520. The Balaban J connectivity index is 1.97. The highest BCUT2D eigenvalue weighted by molar-refractivity contribution is 6.12. The molecule has 0 bridgehead atoms. The number of nitrogens with zero attached hydrogens (tertiary/aromatic N) is 3. The van der Waals surface area contributed by atoms with Crippen LogP contribution in [0.3, 0.4) is 0 Å². The predicted molar refractivity (Wildman–Crippen MR) is 116 cm³/mol. The second-order valence-corrected chi connectivity index (χ2v) is 7.78. The number of benzene rings is 1. The molecular formula is C23H24N4O2. The highest BCUT2D eigenvalue weighted by Gasteiger charge is 2.19. The average molecular weight is 388 g/mol. The molecule has 6 heteroatoms. The van der Waals surface area contributed by atoms with Crippen LogP contribution in [0.1, 0.15) is 24.1 Å². The van der Waals surface area contributed by atoms with Crippen molar-refractivity contribution in [1.82, 2.24) is 19.9 Å². The summed E-state index contributed by atoms with van der Waals surface area (Å²) in [5.41, 5.74) is 4.14. The van der Waals surface area contributed by atoms with Crippen molar-refractivity contribution >= 4 is 21.8 Å². The number of hydrogen-bond acceptors (Lipinski definition) is 5. The van der Waals surface area contributed by atoms with Crippen LogP contribution in [-0.4, -0.2) is 45.6 Å². The summed E-state index contributed by atoms with van der Waals surface area (Å²) in [7, 11) is 4.12. The maximum Gasteiger partial charge on any atom is 0.257 e. The van der Waals surface area contributed by atoms with E-state index in [2.05, 4.69) is 53.0 Å². The molecule has 0 saturated carbocycles. The zero-order valence-corrected chi connectivity index (χ0v) is 17.0. The number of aromatic nitrogens is 3. The summed E-state index contributed by atoms with van der Waals surface area (Å²) in [6.07, 6.45) is 1.66. The standard InChI is InChI=1S/C23H24N4O2/c1-13(12-27(3)4)15-7-9-16(10-8-15)18-19-20(14(2)25-23(18)29)26-22(28)17-6-5-11-24-21(17)19/h5-11,13H,12H2,1-4H3,(H,25,29)(H,26,28). The van der Waals surface area contributed by atoms with E-state index < -0.39 is 0 Å². The molecule has 0 aliphatic heterocycles. The van der Waals surface area contributed by atoms with E-state index in [9.17, 15) is 9.90 Å². The van der Waals surface area contributed by atoms with Gasteiger partial charge < -0.3 is 15.0 Å². The van der Waals surface area contributed by atoms with Gasteiger partial charge in [0.1, 0.15) is 0 Å². The number of aromatic hydroxyl groups is 1. The number of hydrogen-bond donors (Lipinski definition) is 2. The van der Waals surface area contributed by atoms with Crippen LogP contribution in [0.25, 0.3) is 32.9 Å². The second kappa shape index (κ2) is 7.29. The molecule has 4 aromatic rings. The first-order valence-corrected chi connectivity index (χ1v) is 9.62. The third kappa shape index (κ3) is 3.36. The molecule has 0 fully saturated rings. The smallest absolute Gasteiger partial charge is 0.257 e. The van der Waals surface area contributed by atoms with Crippen molar-refractivity contribution < 1.29 is 5.11 Å². The molecule has 0 aliphatic carbocycles. The lowest BCUT2D eigenvalue weighted by atomic mass is 9.95. The topological polar surface area (TPSA) is 82.1 Å². The number of aromatic amines is 1. The van der Waals surface area contributed by atoms with Crippen LogP contribution in [0.2, 0.25) is 0 Å². The fraction of sp³-hybridized carbons (Fsp3) is 0.261. The van der Waals surface area contributed by atoms with Gasteiger partial charge in [0.25, 0.3) is 5.56 Å². The minimum Gasteiger partial charge on any atom is -0.493 e. The lowest BCUT2D eigenvalue weighted by Gasteiger charge is -2.18. The van der Waals surface area contributed by atoms with Gasteiger partial charge >= 0.3 is 0 Å². The molecule has 3 aromatic heterocycles. The highest BCUT2D eigenvalue weighted by Crippen LogP contribution is 2.38. The summed E-state index contributed by atoms with van der Waals surface area (Å²) in [6.45, 7) is 4.91. The Kier molecular flexibility index (Phi) is 4.80. The number of aryl methyl sites for hydroxylation is 1. The summed E-state index contributed by atoms with van der Waals surface area (Å²) in [4.78, 5) is 26.3. The van der Waals surface area contributed by atoms with Gasteiger partial charge in [0.2, 0.25) is 5.88 Å². The van der Waals surface area contributed by atoms with E-state index in [1.54, 1.807) is 25.3 Å². The molecule has 2 N–H and O–H groups in total. The van der Waals surface area contributed by atoms with Crippen molar-refractivity contribution in [1.29, 1.82) is 0 Å². The number of fused-ring (bicyclic) bond motifs is 3. The molecule has 0 amide bonds. The molecule has 1 unspecified atom stereocenters. The lowest BCUT2D eigenvalue weighted by Crippen LogP contribution is -2.18. The number of likely N-dealkylation sites (N-methyl/N-ethyl adjacent to an activating group) is 1. The lowest BCUT2D eigenvalue weighted by molar-refractivity contribution is 0.383. The minimum absolute atomic E-state index is 0.0666. The average Bonchev–Trinajstić information content (AvgIpc) is 2.69. The molecule has 0 radical (unpaired) electrons. The molecule has 3 heterocycles. The van der Waals surface area contributed by atoms with Gasteiger partial charge in [0.15, 0.2) is 0 Å². The van der Waals surface area contributed by atoms with Crippen LogP contribution >= 0.6 is 0 Å². The van der Waals surface area contributed by atoms with E-state index in [0.29, 0.717) is 39.0 Å². The van der Waals surface area contributed by atoms with E-state index >= 15 is 0 Å². The maximum atomic E-state index is 12.5. The number of nitrogens with one attached hydrogen (secondary N) is 1. The van der Waals surface area contributed by atoms with Gasteiger partial charge in [0.05, 0.1) is 27.7 Å². The first-order chi connectivity index (χ1) is 13.9. The Morgan fingerprint density at radius 3 is 2.59 bits per heavy atom. The summed E-state index contributed by atoms with van der Waals surface area (Å²) in [5.74, 6) is 0.322. The summed E-state index contributed by atoms with van der Waals surface area (Å²) in [5, 5.41) is 11.9. The SMILES string of the molecule is Cc1nc(O)c(-c2ccc(C(C)CN(C)C)cc2)c2c1[nH]c(=O)c1cccnc12. The Labute approximate surface area is 168 Å². The van der Waals surface area contributed by atoms with Gasteiger partial charge in [-0.15, -0.1) is 0 Å². The van der Waals surface area contributed by atoms with Crippen molar-refractivity contribution in [3.05, 3.63) is 64.2 Å². The summed E-state index contributed by atoms with van der Waals surface area (Å²) < 4.78 is 0. The fourth-order valence-electron chi connectivity index (χ4n) is 3.95. The first kappa shape index (κ1) is 19.1. The van der Waals surface area contributed by atoms with Crippen molar-refractivity contribution in [2.45, 2.75) is 19.8 Å². The Hall–Kier alpha value is -3.25. The summed E-state index contributed by atoms with van der Waals surface area (Å²) in [6, 6.07) is 11.6. The molecule has 0 saturated heterocycles. The Morgan fingerprint density at radius 1 is 1.17 bits per heavy atom. The molecule has 29 heavy (non-hydrogen) atoms. The predicted octanol–water partition coefficient (Wildman–Crippen LogP) is 3.82. The second-order valence-electron chi connectivity index (χ2n) is 7.78. The largest absolute Gasteiger partial charge is 0.493 e. The van der Waals surface area contributed by atoms with Crippen LogP contribution in [0.4, 0.5) is 0 Å². The zero-order valence-electron chi connectivity index (χ0n) is 17.0. The van der Waals surface area contributed by atoms with Gasteiger partial charge in [-0.2, -0.15) is 0 Å². The molecule has 148 valence electrons. The van der Waals surface area contributed by atoms with E-state index in [0.717, 1.165) is 12.1 Å². The van der Waals surface area contributed by atoms with E-state index in [4.69, 9.17) is 0 Å². The van der Waals surface area contributed by atoms with E-state index in [1.165, 1.54) is 5.56 Å². The van der Waals surface area contributed by atoms with Gasteiger partial charge in [-0.05, 0) is 50.2 Å². The van der Waals surface area contributed by atoms with Crippen molar-refractivity contribution in [2.24, 2.45) is 0 Å². The minimum atomic E-state index is -0.213. The summed E-state index contributed by atoms with van der Waals surface area (Å²) >= 11 is 0. The number of rotatable bonds is 4. The van der Waals surface area contributed by atoms with Gasteiger partial charge in [-0.3, -0.25) is 9.78 Å². The molecule has 6 nitrogen and oxygen atoms in total. The Morgan fingerprint density at radius 2 is 1.90 bits per heavy atom. The normalized spacial score (nSPS) is 12.7. The molecule has 1 atom stereocenters. The third-order valence-electron chi connectivity index (χ3n) is 5.29. The van der Waals surface area contributed by atoms with Crippen LogP contribution in [0.15, 0.2) is 47.4 Å². The van der Waals surface area contributed by atoms with E-state index in [-0.39, 0.29) is 11.4 Å².